The van der Waals surface area contributed by atoms with E-state index in [2.05, 4.69) is 23.3 Å². The molecule has 0 bridgehead atoms. The molecular formula is C18H21N3. The van der Waals surface area contributed by atoms with Crippen LogP contribution < -0.4 is 5.32 Å². The minimum Gasteiger partial charge on any atom is -0.381 e. The summed E-state index contributed by atoms with van der Waals surface area (Å²) in [7, 11) is 0. The van der Waals surface area contributed by atoms with Crippen LogP contribution in [0.2, 0.25) is 0 Å². The van der Waals surface area contributed by atoms with Gasteiger partial charge in [0.25, 0.3) is 0 Å². The Labute approximate surface area is 126 Å². The van der Waals surface area contributed by atoms with Crippen LogP contribution in [0.1, 0.15) is 44.6 Å². The lowest BCUT2D eigenvalue weighted by atomic mass is 9.84. The van der Waals surface area contributed by atoms with E-state index in [1.165, 1.54) is 32.1 Å². The molecule has 3 nitrogen and oxygen atoms in total. The summed E-state index contributed by atoms with van der Waals surface area (Å²) in [4.78, 5) is 4.37. The number of hydrogen-bond acceptors (Lipinski definition) is 3. The summed E-state index contributed by atoms with van der Waals surface area (Å²) in [6.45, 7) is 2.27. The SMILES string of the molecule is CCC1CCCC(Nc2c(C#N)cnc3ccccc23)C1. The highest BCUT2D eigenvalue weighted by Gasteiger charge is 2.22. The Bertz CT molecular complexity index is 672. The van der Waals surface area contributed by atoms with Crippen LogP contribution in [-0.4, -0.2) is 11.0 Å². The summed E-state index contributed by atoms with van der Waals surface area (Å²) in [6.07, 6.45) is 7.96. The monoisotopic (exact) mass is 279 g/mol. The van der Waals surface area contributed by atoms with Crippen LogP contribution in [0.3, 0.4) is 0 Å². The average molecular weight is 279 g/mol. The Kier molecular flexibility index (Phi) is 4.06. The Morgan fingerprint density at radius 3 is 3.00 bits per heavy atom. The zero-order valence-electron chi connectivity index (χ0n) is 12.5. The molecule has 21 heavy (non-hydrogen) atoms. The number of nitrogens with zero attached hydrogens (tertiary/aromatic N) is 2. The molecule has 0 spiro atoms. The van der Waals surface area contributed by atoms with Crippen molar-refractivity contribution in [2.75, 3.05) is 5.32 Å². The molecule has 1 fully saturated rings. The molecule has 108 valence electrons. The highest BCUT2D eigenvalue weighted by atomic mass is 14.9. The maximum Gasteiger partial charge on any atom is 0.103 e. The van der Waals surface area contributed by atoms with Gasteiger partial charge in [-0.25, -0.2) is 0 Å². The lowest BCUT2D eigenvalue weighted by Crippen LogP contribution is -2.27. The smallest absolute Gasteiger partial charge is 0.103 e. The van der Waals surface area contributed by atoms with Crippen LogP contribution in [0.25, 0.3) is 10.9 Å². The van der Waals surface area contributed by atoms with Crippen molar-refractivity contribution in [3.8, 4) is 6.07 Å². The maximum absolute atomic E-state index is 9.38. The van der Waals surface area contributed by atoms with Crippen molar-refractivity contribution < 1.29 is 0 Å². The number of hydrogen-bond donors (Lipinski definition) is 1. The van der Waals surface area contributed by atoms with E-state index < -0.39 is 0 Å². The Balaban J connectivity index is 1.94. The van der Waals surface area contributed by atoms with Gasteiger partial charge in [-0.15, -0.1) is 0 Å². The topological polar surface area (TPSA) is 48.7 Å². The molecule has 1 aromatic heterocycles. The number of fused-ring (bicyclic) bond motifs is 1. The molecule has 1 heterocycles. The van der Waals surface area contributed by atoms with Gasteiger partial charge >= 0.3 is 0 Å². The number of aromatic nitrogens is 1. The summed E-state index contributed by atoms with van der Waals surface area (Å²) < 4.78 is 0. The molecule has 2 aromatic rings. The molecule has 1 aliphatic carbocycles. The molecule has 1 saturated carbocycles. The average Bonchev–Trinajstić information content (AvgIpc) is 2.55. The first kappa shape index (κ1) is 13.9. The highest BCUT2D eigenvalue weighted by molar-refractivity contribution is 5.93. The lowest BCUT2D eigenvalue weighted by molar-refractivity contribution is 0.327. The van der Waals surface area contributed by atoms with Gasteiger partial charge in [-0.05, 0) is 24.8 Å². The minimum absolute atomic E-state index is 0.474. The van der Waals surface area contributed by atoms with E-state index in [1.807, 2.05) is 24.3 Å². The molecule has 0 aliphatic heterocycles. The van der Waals surface area contributed by atoms with Crippen molar-refractivity contribution in [3.05, 3.63) is 36.0 Å². The Hall–Kier alpha value is -2.08. The van der Waals surface area contributed by atoms with E-state index in [4.69, 9.17) is 0 Å². The summed E-state index contributed by atoms with van der Waals surface area (Å²) in [5, 5.41) is 14.1. The van der Waals surface area contributed by atoms with E-state index in [0.717, 1.165) is 22.5 Å². The number of para-hydroxylation sites is 1. The van der Waals surface area contributed by atoms with Gasteiger partial charge in [0.15, 0.2) is 0 Å². The van der Waals surface area contributed by atoms with Gasteiger partial charge < -0.3 is 5.32 Å². The molecule has 1 aliphatic rings. The fourth-order valence-electron chi connectivity index (χ4n) is 3.38. The number of nitrogens with one attached hydrogen (secondary N) is 1. The molecule has 0 amide bonds. The second-order valence-electron chi connectivity index (χ2n) is 5.96. The van der Waals surface area contributed by atoms with E-state index in [-0.39, 0.29) is 0 Å². The molecule has 2 unspecified atom stereocenters. The van der Waals surface area contributed by atoms with Crippen molar-refractivity contribution >= 4 is 16.6 Å². The van der Waals surface area contributed by atoms with Crippen LogP contribution in [0.5, 0.6) is 0 Å². The second kappa shape index (κ2) is 6.13. The van der Waals surface area contributed by atoms with Gasteiger partial charge in [0.05, 0.1) is 16.8 Å². The molecule has 0 saturated heterocycles. The first-order chi connectivity index (χ1) is 10.3. The van der Waals surface area contributed by atoms with Crippen molar-refractivity contribution in [3.63, 3.8) is 0 Å². The largest absolute Gasteiger partial charge is 0.381 e. The van der Waals surface area contributed by atoms with Gasteiger partial charge in [-0.2, -0.15) is 5.26 Å². The first-order valence-corrected chi connectivity index (χ1v) is 7.86. The Morgan fingerprint density at radius 1 is 1.33 bits per heavy atom. The first-order valence-electron chi connectivity index (χ1n) is 7.86. The normalized spacial score (nSPS) is 21.9. The van der Waals surface area contributed by atoms with Crippen molar-refractivity contribution in [2.45, 2.75) is 45.1 Å². The fraction of sp³-hybridized carbons (Fsp3) is 0.444. The van der Waals surface area contributed by atoms with Crippen LogP contribution in [0.4, 0.5) is 5.69 Å². The van der Waals surface area contributed by atoms with Gasteiger partial charge in [0.2, 0.25) is 0 Å². The standard InChI is InChI=1S/C18H21N3/c1-2-13-6-5-7-15(10-13)21-18-14(11-19)12-20-17-9-4-3-8-16(17)18/h3-4,8-9,12-13,15H,2,5-7,10H2,1H3,(H,20,21). The van der Waals surface area contributed by atoms with Crippen LogP contribution in [-0.2, 0) is 0 Å². The number of rotatable bonds is 3. The number of benzene rings is 1. The second-order valence-corrected chi connectivity index (χ2v) is 5.96. The van der Waals surface area contributed by atoms with Gasteiger partial charge in [-0.3, -0.25) is 4.98 Å². The van der Waals surface area contributed by atoms with E-state index in [0.29, 0.717) is 11.6 Å². The van der Waals surface area contributed by atoms with Crippen LogP contribution in [0, 0.1) is 17.2 Å². The third-order valence-electron chi connectivity index (χ3n) is 4.60. The van der Waals surface area contributed by atoms with Gasteiger partial charge in [-0.1, -0.05) is 44.4 Å². The summed E-state index contributed by atoms with van der Waals surface area (Å²) in [5.41, 5.74) is 2.55. The maximum atomic E-state index is 9.38. The third-order valence-corrected chi connectivity index (χ3v) is 4.60. The van der Waals surface area contributed by atoms with Crippen LogP contribution in [0.15, 0.2) is 30.5 Å². The van der Waals surface area contributed by atoms with Crippen molar-refractivity contribution in [2.24, 2.45) is 5.92 Å². The van der Waals surface area contributed by atoms with E-state index >= 15 is 0 Å². The Morgan fingerprint density at radius 2 is 2.19 bits per heavy atom. The zero-order chi connectivity index (χ0) is 14.7. The zero-order valence-corrected chi connectivity index (χ0v) is 12.5. The third kappa shape index (κ3) is 2.85. The minimum atomic E-state index is 0.474. The summed E-state index contributed by atoms with van der Waals surface area (Å²) in [6, 6.07) is 10.8. The molecular weight excluding hydrogens is 258 g/mol. The molecule has 2 atom stereocenters. The van der Waals surface area contributed by atoms with Crippen molar-refractivity contribution in [1.29, 1.82) is 5.26 Å². The van der Waals surface area contributed by atoms with Crippen LogP contribution >= 0.6 is 0 Å². The lowest BCUT2D eigenvalue weighted by Gasteiger charge is -2.30. The van der Waals surface area contributed by atoms with Gasteiger partial charge in [0, 0.05) is 17.6 Å². The quantitative estimate of drug-likeness (QED) is 0.900. The molecule has 1 N–H and O–H groups in total. The van der Waals surface area contributed by atoms with E-state index in [1.54, 1.807) is 6.20 Å². The predicted octanol–water partition coefficient (Wildman–Crippen LogP) is 4.49. The highest BCUT2D eigenvalue weighted by Crippen LogP contribution is 2.32. The van der Waals surface area contributed by atoms with E-state index in [9.17, 15) is 5.26 Å². The molecule has 1 aromatic carbocycles. The summed E-state index contributed by atoms with van der Waals surface area (Å²) in [5.74, 6) is 0.815. The number of anilines is 1. The molecule has 3 heteroatoms. The van der Waals surface area contributed by atoms with Crippen molar-refractivity contribution in [1.82, 2.24) is 4.98 Å². The number of nitriles is 1. The summed E-state index contributed by atoms with van der Waals surface area (Å²) >= 11 is 0. The molecule has 0 radical (unpaired) electrons. The fourth-order valence-corrected chi connectivity index (χ4v) is 3.38. The number of pyridine rings is 1. The van der Waals surface area contributed by atoms with Gasteiger partial charge in [0.1, 0.15) is 6.07 Å². The predicted molar refractivity (Wildman–Crippen MR) is 86.1 cm³/mol. The molecule has 3 rings (SSSR count).